The van der Waals surface area contributed by atoms with E-state index < -0.39 is 0 Å². The normalized spacial score (nSPS) is 25.2. The van der Waals surface area contributed by atoms with E-state index in [0.717, 1.165) is 25.9 Å². The molecule has 1 atom stereocenters. The summed E-state index contributed by atoms with van der Waals surface area (Å²) in [5.41, 5.74) is 1.30. The summed E-state index contributed by atoms with van der Waals surface area (Å²) in [7, 11) is 0. The molecule has 2 saturated heterocycles. The number of thiocarbonyl (C=S) groups is 1. The fraction of sp³-hybridized carbons (Fsp3) is 0.500. The molecule has 96 valence electrons. The van der Waals surface area contributed by atoms with E-state index in [4.69, 9.17) is 17.0 Å². The molecule has 2 aliphatic heterocycles. The van der Waals surface area contributed by atoms with Gasteiger partial charge in [0, 0.05) is 6.04 Å². The van der Waals surface area contributed by atoms with Crippen molar-refractivity contribution in [1.82, 2.24) is 10.2 Å². The molecule has 1 aromatic carbocycles. The Balaban J connectivity index is 1.83. The van der Waals surface area contributed by atoms with Gasteiger partial charge in [0.05, 0.1) is 6.04 Å². The van der Waals surface area contributed by atoms with Gasteiger partial charge in [0.2, 0.25) is 0 Å². The molecule has 18 heavy (non-hydrogen) atoms. The Kier molecular flexibility index (Phi) is 3.48. The van der Waals surface area contributed by atoms with Crippen molar-refractivity contribution in [3.05, 3.63) is 35.9 Å². The van der Waals surface area contributed by atoms with Crippen molar-refractivity contribution in [3.63, 3.8) is 0 Å². The number of benzene rings is 1. The highest BCUT2D eigenvalue weighted by molar-refractivity contribution is 7.80. The molecule has 0 amide bonds. The molecule has 2 heterocycles. The minimum absolute atomic E-state index is 0.293. The average Bonchev–Trinajstić information content (AvgIpc) is 2.83. The topological polar surface area (TPSA) is 24.5 Å². The minimum atomic E-state index is 0.293. The Hall–Kier alpha value is -1.13. The van der Waals surface area contributed by atoms with Gasteiger partial charge in [-0.1, -0.05) is 30.3 Å². The molecule has 0 spiro atoms. The molecular weight excluding hydrogens is 244 g/mol. The highest BCUT2D eigenvalue weighted by Gasteiger charge is 2.36. The summed E-state index contributed by atoms with van der Waals surface area (Å²) in [6.45, 7) is 2.84. The van der Waals surface area contributed by atoms with Crippen molar-refractivity contribution in [3.8, 4) is 0 Å². The summed E-state index contributed by atoms with van der Waals surface area (Å²) in [4.78, 5) is 2.31. The number of nitrogens with zero attached hydrogens (tertiary/aromatic N) is 1. The Labute approximate surface area is 113 Å². The van der Waals surface area contributed by atoms with Gasteiger partial charge in [-0.05, 0) is 43.7 Å². The molecule has 3 nitrogen and oxygen atoms in total. The predicted octanol–water partition coefficient (Wildman–Crippen LogP) is 2.10. The van der Waals surface area contributed by atoms with Crippen LogP contribution in [0, 0.1) is 0 Å². The second-order valence-corrected chi connectivity index (χ2v) is 5.24. The highest BCUT2D eigenvalue weighted by Crippen LogP contribution is 2.32. The first-order valence-corrected chi connectivity index (χ1v) is 6.98. The SMILES string of the molecule is S=C1OC[C@@H](c2ccccc2)N1C1CCNCC1. The predicted molar refractivity (Wildman–Crippen MR) is 75.5 cm³/mol. The quantitative estimate of drug-likeness (QED) is 0.825. The molecule has 2 aliphatic rings. The number of ether oxygens (including phenoxy) is 1. The van der Waals surface area contributed by atoms with Gasteiger partial charge in [0.1, 0.15) is 6.61 Å². The third-order valence-corrected chi connectivity index (χ3v) is 4.13. The van der Waals surface area contributed by atoms with Gasteiger partial charge in [0.15, 0.2) is 0 Å². The largest absolute Gasteiger partial charge is 0.468 e. The van der Waals surface area contributed by atoms with Gasteiger partial charge < -0.3 is 15.0 Å². The third kappa shape index (κ3) is 2.22. The number of piperidine rings is 1. The van der Waals surface area contributed by atoms with Crippen LogP contribution in [0.25, 0.3) is 0 Å². The summed E-state index contributed by atoms with van der Waals surface area (Å²) in [6.07, 6.45) is 2.29. The summed E-state index contributed by atoms with van der Waals surface area (Å²) >= 11 is 5.38. The van der Waals surface area contributed by atoms with Crippen LogP contribution in [0.1, 0.15) is 24.4 Å². The lowest BCUT2D eigenvalue weighted by molar-refractivity contribution is 0.220. The van der Waals surface area contributed by atoms with E-state index >= 15 is 0 Å². The van der Waals surface area contributed by atoms with Crippen LogP contribution in [0.4, 0.5) is 0 Å². The van der Waals surface area contributed by atoms with Crippen LogP contribution < -0.4 is 5.32 Å². The van der Waals surface area contributed by atoms with Gasteiger partial charge >= 0.3 is 0 Å². The van der Waals surface area contributed by atoms with Gasteiger partial charge in [-0.3, -0.25) is 0 Å². The molecule has 1 N–H and O–H groups in total. The summed E-state index contributed by atoms with van der Waals surface area (Å²) in [6, 6.07) is 11.3. The minimum Gasteiger partial charge on any atom is -0.468 e. The van der Waals surface area contributed by atoms with Crippen LogP contribution in [0.5, 0.6) is 0 Å². The van der Waals surface area contributed by atoms with E-state index in [1.165, 1.54) is 5.56 Å². The zero-order chi connectivity index (χ0) is 12.4. The van der Waals surface area contributed by atoms with E-state index in [1.807, 2.05) is 6.07 Å². The maximum atomic E-state index is 5.62. The zero-order valence-corrected chi connectivity index (χ0v) is 11.2. The molecule has 2 fully saturated rings. The van der Waals surface area contributed by atoms with Gasteiger partial charge in [0.25, 0.3) is 5.17 Å². The molecule has 0 bridgehead atoms. The van der Waals surface area contributed by atoms with Crippen LogP contribution in [-0.2, 0) is 4.74 Å². The second-order valence-electron chi connectivity index (χ2n) is 4.89. The van der Waals surface area contributed by atoms with Gasteiger partial charge in [-0.25, -0.2) is 0 Å². The molecule has 0 unspecified atom stereocenters. The number of hydrogen-bond acceptors (Lipinski definition) is 3. The second kappa shape index (κ2) is 5.24. The number of rotatable bonds is 2. The van der Waals surface area contributed by atoms with E-state index in [2.05, 4.69) is 34.5 Å². The van der Waals surface area contributed by atoms with Crippen molar-refractivity contribution < 1.29 is 4.74 Å². The lowest BCUT2D eigenvalue weighted by Crippen LogP contribution is -2.44. The first kappa shape index (κ1) is 11.9. The molecule has 0 saturated carbocycles. The summed E-state index contributed by atoms with van der Waals surface area (Å²) in [5.74, 6) is 0. The smallest absolute Gasteiger partial charge is 0.260 e. The fourth-order valence-corrected chi connectivity index (χ4v) is 3.20. The van der Waals surface area contributed by atoms with Crippen LogP contribution in [-0.4, -0.2) is 35.8 Å². The van der Waals surface area contributed by atoms with Crippen molar-refractivity contribution in [2.45, 2.75) is 24.9 Å². The lowest BCUT2D eigenvalue weighted by Gasteiger charge is -2.35. The van der Waals surface area contributed by atoms with Crippen LogP contribution in [0.3, 0.4) is 0 Å². The van der Waals surface area contributed by atoms with Crippen molar-refractivity contribution in [1.29, 1.82) is 0 Å². The van der Waals surface area contributed by atoms with Crippen molar-refractivity contribution >= 4 is 17.4 Å². The van der Waals surface area contributed by atoms with E-state index in [9.17, 15) is 0 Å². The van der Waals surface area contributed by atoms with E-state index in [0.29, 0.717) is 23.9 Å². The Morgan fingerprint density at radius 1 is 1.17 bits per heavy atom. The monoisotopic (exact) mass is 262 g/mol. The first-order valence-electron chi connectivity index (χ1n) is 6.57. The van der Waals surface area contributed by atoms with Gasteiger partial charge in [-0.15, -0.1) is 0 Å². The van der Waals surface area contributed by atoms with E-state index in [-0.39, 0.29) is 0 Å². The molecular formula is C14H18N2OS. The third-order valence-electron chi connectivity index (χ3n) is 3.80. The van der Waals surface area contributed by atoms with Crippen LogP contribution >= 0.6 is 12.2 Å². The Morgan fingerprint density at radius 2 is 1.89 bits per heavy atom. The van der Waals surface area contributed by atoms with Crippen LogP contribution in [0.15, 0.2) is 30.3 Å². The Morgan fingerprint density at radius 3 is 2.61 bits per heavy atom. The molecule has 4 heteroatoms. The van der Waals surface area contributed by atoms with Crippen molar-refractivity contribution in [2.75, 3.05) is 19.7 Å². The molecule has 0 aliphatic carbocycles. The zero-order valence-electron chi connectivity index (χ0n) is 10.3. The van der Waals surface area contributed by atoms with E-state index in [1.54, 1.807) is 0 Å². The van der Waals surface area contributed by atoms with Crippen molar-refractivity contribution in [2.24, 2.45) is 0 Å². The highest BCUT2D eigenvalue weighted by atomic mass is 32.1. The maximum Gasteiger partial charge on any atom is 0.260 e. The summed E-state index contributed by atoms with van der Waals surface area (Å²) in [5, 5.41) is 4.07. The first-order chi connectivity index (χ1) is 8.86. The molecule has 1 aromatic rings. The molecule has 0 radical (unpaired) electrons. The number of nitrogens with one attached hydrogen (secondary N) is 1. The molecule has 3 rings (SSSR count). The molecule has 0 aromatic heterocycles. The maximum absolute atomic E-state index is 5.62. The lowest BCUT2D eigenvalue weighted by atomic mass is 10.0. The van der Waals surface area contributed by atoms with Crippen LogP contribution in [0.2, 0.25) is 0 Å². The average molecular weight is 262 g/mol. The standard InChI is InChI=1S/C14H18N2OS/c18-14-16(12-6-8-15-9-7-12)13(10-17-14)11-4-2-1-3-5-11/h1-5,12-13,15H,6-10H2/t13-/m0/s1. The Bertz CT molecular complexity index is 417. The fourth-order valence-electron chi connectivity index (χ4n) is 2.85. The van der Waals surface area contributed by atoms with Gasteiger partial charge in [-0.2, -0.15) is 0 Å². The summed E-state index contributed by atoms with van der Waals surface area (Å²) < 4.78 is 5.62. The number of hydrogen-bond donors (Lipinski definition) is 1.